The molecule has 1 aliphatic carbocycles. The number of hydrogen-bond donors (Lipinski definition) is 0. The molecule has 3 aromatic rings. The fourth-order valence-electron chi connectivity index (χ4n) is 6.47. The molecule has 2 atom stereocenters. The second kappa shape index (κ2) is 12.7. The molecule has 214 valence electrons. The molecule has 8 nitrogen and oxygen atoms in total. The molecular formula is C31H41ClN6O2. The van der Waals surface area contributed by atoms with Gasteiger partial charge in [-0.25, -0.2) is 0 Å². The van der Waals surface area contributed by atoms with E-state index < -0.39 is 0 Å². The SMILES string of the molecule is CCOc1cc2c(cc1OCC)[C@H]1CN(C)CC[C@H]1N=C2c1ccc(-c2nnn(CC3CCCCC3)n2)cc1.Cl. The standard InChI is InChI=1S/C31H40N6O2.ClH/c1-4-38-28-17-24-25(18-29(28)39-5-2)30(32-27-15-16-36(3)20-26(24)27)22-11-13-23(14-12-22)31-33-35-37(34-31)19-21-9-7-6-8-10-21;/h11-14,17-18,21,26-27H,4-10,15-16,19-20H2,1-3H3;1H/t26-,27-;/m1./s1. The van der Waals surface area contributed by atoms with Gasteiger partial charge in [0.2, 0.25) is 5.82 Å². The van der Waals surface area contributed by atoms with Crippen molar-refractivity contribution in [3.05, 3.63) is 53.1 Å². The minimum absolute atomic E-state index is 0. The summed E-state index contributed by atoms with van der Waals surface area (Å²) in [4.78, 5) is 9.54. The number of fused-ring (bicyclic) bond motifs is 3. The molecule has 3 aliphatic rings. The van der Waals surface area contributed by atoms with Crippen molar-refractivity contribution >= 4 is 18.1 Å². The van der Waals surface area contributed by atoms with Gasteiger partial charge in [0.1, 0.15) is 0 Å². The van der Waals surface area contributed by atoms with E-state index >= 15 is 0 Å². The highest BCUT2D eigenvalue weighted by atomic mass is 35.5. The lowest BCUT2D eigenvalue weighted by Crippen LogP contribution is -2.41. The minimum atomic E-state index is 0. The summed E-state index contributed by atoms with van der Waals surface area (Å²) in [7, 11) is 2.20. The number of aliphatic imine (C=N–C) groups is 1. The third kappa shape index (κ3) is 5.88. The van der Waals surface area contributed by atoms with Crippen LogP contribution in [0.4, 0.5) is 0 Å². The van der Waals surface area contributed by atoms with Gasteiger partial charge < -0.3 is 14.4 Å². The predicted molar refractivity (Wildman–Crippen MR) is 160 cm³/mol. The summed E-state index contributed by atoms with van der Waals surface area (Å²) in [6.07, 6.45) is 7.58. The molecule has 2 aliphatic heterocycles. The fraction of sp³-hybridized carbons (Fsp3) is 0.548. The third-order valence-corrected chi connectivity index (χ3v) is 8.46. The van der Waals surface area contributed by atoms with E-state index in [1.165, 1.54) is 37.7 Å². The monoisotopic (exact) mass is 564 g/mol. The summed E-state index contributed by atoms with van der Waals surface area (Å²) in [5.41, 5.74) is 5.55. The van der Waals surface area contributed by atoms with Crippen LogP contribution in [-0.4, -0.2) is 70.2 Å². The van der Waals surface area contributed by atoms with Crippen molar-refractivity contribution in [3.63, 3.8) is 0 Å². The second-order valence-electron chi connectivity index (χ2n) is 11.2. The summed E-state index contributed by atoms with van der Waals surface area (Å²) in [6.45, 7) is 8.14. The Hall–Kier alpha value is -2.97. The number of hydrogen-bond acceptors (Lipinski definition) is 7. The van der Waals surface area contributed by atoms with Crippen molar-refractivity contribution in [2.24, 2.45) is 10.9 Å². The van der Waals surface area contributed by atoms with Crippen LogP contribution >= 0.6 is 12.4 Å². The molecule has 1 saturated heterocycles. The van der Waals surface area contributed by atoms with Gasteiger partial charge in [-0.15, -0.1) is 22.6 Å². The predicted octanol–water partition coefficient (Wildman–Crippen LogP) is 5.78. The highest BCUT2D eigenvalue weighted by Crippen LogP contribution is 2.42. The summed E-state index contributed by atoms with van der Waals surface area (Å²) in [5.74, 6) is 3.30. The lowest BCUT2D eigenvalue weighted by atomic mass is 9.79. The first-order valence-corrected chi connectivity index (χ1v) is 14.7. The van der Waals surface area contributed by atoms with Crippen molar-refractivity contribution in [2.75, 3.05) is 33.4 Å². The third-order valence-electron chi connectivity index (χ3n) is 8.46. The second-order valence-corrected chi connectivity index (χ2v) is 11.2. The summed E-state index contributed by atoms with van der Waals surface area (Å²) >= 11 is 0. The first-order valence-electron chi connectivity index (χ1n) is 14.7. The quantitative estimate of drug-likeness (QED) is 0.345. The zero-order valence-corrected chi connectivity index (χ0v) is 24.7. The van der Waals surface area contributed by atoms with Gasteiger partial charge >= 0.3 is 0 Å². The number of halogens is 1. The molecular weight excluding hydrogens is 524 g/mol. The lowest BCUT2D eigenvalue weighted by Gasteiger charge is -2.39. The van der Waals surface area contributed by atoms with Crippen molar-refractivity contribution in [1.82, 2.24) is 25.1 Å². The minimum Gasteiger partial charge on any atom is -0.490 e. The number of aromatic nitrogens is 4. The first-order chi connectivity index (χ1) is 19.1. The van der Waals surface area contributed by atoms with E-state index in [0.29, 0.717) is 30.9 Å². The Morgan fingerprint density at radius 2 is 1.60 bits per heavy atom. The van der Waals surface area contributed by atoms with Gasteiger partial charge in [0.15, 0.2) is 11.5 Å². The molecule has 1 aromatic heterocycles. The van der Waals surface area contributed by atoms with E-state index in [0.717, 1.165) is 60.0 Å². The van der Waals surface area contributed by atoms with Crippen LogP contribution < -0.4 is 9.47 Å². The molecule has 1 saturated carbocycles. The number of benzene rings is 2. The van der Waals surface area contributed by atoms with Crippen LogP contribution in [0.1, 0.15) is 75.0 Å². The van der Waals surface area contributed by atoms with E-state index in [9.17, 15) is 0 Å². The molecule has 2 aromatic carbocycles. The Bertz CT molecular complexity index is 1320. The average Bonchev–Trinajstić information content (AvgIpc) is 3.42. The number of ether oxygens (including phenoxy) is 2. The number of likely N-dealkylation sites (tertiary alicyclic amines) is 1. The molecule has 3 heterocycles. The average molecular weight is 565 g/mol. The highest BCUT2D eigenvalue weighted by molar-refractivity contribution is 6.15. The number of rotatable bonds is 8. The normalized spacial score (nSPS) is 21.1. The maximum absolute atomic E-state index is 6.02. The van der Waals surface area contributed by atoms with E-state index in [4.69, 9.17) is 19.6 Å². The smallest absolute Gasteiger partial charge is 0.204 e. The summed E-state index contributed by atoms with van der Waals surface area (Å²) in [6, 6.07) is 13.1. The van der Waals surface area contributed by atoms with Crippen LogP contribution in [-0.2, 0) is 6.54 Å². The van der Waals surface area contributed by atoms with Gasteiger partial charge in [-0.1, -0.05) is 43.5 Å². The van der Waals surface area contributed by atoms with Crippen molar-refractivity contribution < 1.29 is 9.47 Å². The Morgan fingerprint density at radius 1 is 0.900 bits per heavy atom. The molecule has 40 heavy (non-hydrogen) atoms. The molecule has 0 unspecified atom stereocenters. The van der Waals surface area contributed by atoms with Crippen LogP contribution in [0.5, 0.6) is 11.5 Å². The number of tetrazole rings is 1. The van der Waals surface area contributed by atoms with Gasteiger partial charge in [-0.05, 0) is 75.5 Å². The Kier molecular flexibility index (Phi) is 9.06. The van der Waals surface area contributed by atoms with Gasteiger partial charge in [0.05, 0.1) is 31.5 Å². The zero-order valence-electron chi connectivity index (χ0n) is 23.9. The van der Waals surface area contributed by atoms with Gasteiger partial charge in [-0.2, -0.15) is 4.80 Å². The number of nitrogens with zero attached hydrogens (tertiary/aromatic N) is 6. The molecule has 6 rings (SSSR count). The van der Waals surface area contributed by atoms with Crippen LogP contribution in [0.25, 0.3) is 11.4 Å². The molecule has 0 radical (unpaired) electrons. The first kappa shape index (κ1) is 28.6. The van der Waals surface area contributed by atoms with E-state index in [1.54, 1.807) is 4.80 Å². The van der Waals surface area contributed by atoms with Crippen molar-refractivity contribution in [2.45, 2.75) is 70.9 Å². The van der Waals surface area contributed by atoms with Crippen LogP contribution in [0, 0.1) is 5.92 Å². The van der Waals surface area contributed by atoms with Crippen LogP contribution in [0.15, 0.2) is 41.4 Å². The van der Waals surface area contributed by atoms with Crippen molar-refractivity contribution in [3.8, 4) is 22.9 Å². The van der Waals surface area contributed by atoms with Gasteiger partial charge in [0.25, 0.3) is 0 Å². The number of piperidine rings is 1. The zero-order chi connectivity index (χ0) is 26.8. The molecule has 0 amide bonds. The molecule has 0 spiro atoms. The molecule has 9 heteroatoms. The topological polar surface area (TPSA) is 77.7 Å². The van der Waals surface area contributed by atoms with Gasteiger partial charge in [0, 0.05) is 29.2 Å². The maximum Gasteiger partial charge on any atom is 0.204 e. The Balaban J connectivity index is 0.00000323. The fourth-order valence-corrected chi connectivity index (χ4v) is 6.47. The van der Waals surface area contributed by atoms with Crippen LogP contribution in [0.2, 0.25) is 0 Å². The number of likely N-dealkylation sites (N-methyl/N-ethyl adjacent to an activating group) is 1. The molecule has 2 fully saturated rings. The molecule has 0 N–H and O–H groups in total. The largest absolute Gasteiger partial charge is 0.490 e. The van der Waals surface area contributed by atoms with Crippen molar-refractivity contribution in [1.29, 1.82) is 0 Å². The van der Waals surface area contributed by atoms with Crippen LogP contribution in [0.3, 0.4) is 0 Å². The van der Waals surface area contributed by atoms with Gasteiger partial charge in [-0.3, -0.25) is 4.99 Å². The summed E-state index contributed by atoms with van der Waals surface area (Å²) < 4.78 is 12.0. The Morgan fingerprint density at radius 3 is 2.33 bits per heavy atom. The van der Waals surface area contributed by atoms with E-state index in [1.807, 2.05) is 13.8 Å². The highest BCUT2D eigenvalue weighted by Gasteiger charge is 2.36. The summed E-state index contributed by atoms with van der Waals surface area (Å²) in [5, 5.41) is 13.4. The Labute approximate surface area is 243 Å². The van der Waals surface area contributed by atoms with E-state index in [2.05, 4.69) is 58.7 Å². The maximum atomic E-state index is 6.02. The lowest BCUT2D eigenvalue weighted by molar-refractivity contribution is 0.226. The van der Waals surface area contributed by atoms with E-state index in [-0.39, 0.29) is 18.4 Å². The molecule has 0 bridgehead atoms.